The summed E-state index contributed by atoms with van der Waals surface area (Å²) >= 11 is 1.27. The fourth-order valence-corrected chi connectivity index (χ4v) is 3.83. The van der Waals surface area contributed by atoms with Gasteiger partial charge in [0.1, 0.15) is 5.75 Å². The van der Waals surface area contributed by atoms with Gasteiger partial charge in [-0.1, -0.05) is 51.1 Å². The minimum absolute atomic E-state index is 0.123. The van der Waals surface area contributed by atoms with Crippen molar-refractivity contribution in [3.8, 4) is 22.3 Å². The van der Waals surface area contributed by atoms with Gasteiger partial charge in [0.2, 0.25) is 0 Å². The van der Waals surface area contributed by atoms with Crippen molar-refractivity contribution in [1.29, 1.82) is 5.41 Å². The van der Waals surface area contributed by atoms with E-state index in [1.807, 2.05) is 18.9 Å². The van der Waals surface area contributed by atoms with Crippen LogP contribution in [0.15, 0.2) is 36.4 Å². The number of amidine groups is 1. The van der Waals surface area contributed by atoms with E-state index in [1.54, 1.807) is 0 Å². The lowest BCUT2D eigenvalue weighted by atomic mass is 9.87. The van der Waals surface area contributed by atoms with Crippen molar-refractivity contribution in [2.45, 2.75) is 53.4 Å². The number of aromatic nitrogens is 2. The molecule has 0 atom stereocenters. The first-order valence-electron chi connectivity index (χ1n) is 10.5. The fourth-order valence-electron chi connectivity index (χ4n) is 3.27. The second kappa shape index (κ2) is 9.18. The summed E-state index contributed by atoms with van der Waals surface area (Å²) in [5, 5.41) is 8.26. The third-order valence-corrected chi connectivity index (χ3v) is 6.13. The van der Waals surface area contributed by atoms with E-state index in [-0.39, 0.29) is 5.41 Å². The lowest BCUT2D eigenvalue weighted by Gasteiger charge is -2.18. The maximum absolute atomic E-state index is 7.72. The number of nitrogens with zero attached hydrogens (tertiary/aromatic N) is 3. The van der Waals surface area contributed by atoms with Gasteiger partial charge in [-0.3, -0.25) is 5.41 Å². The molecule has 3 rings (SSSR count). The molecule has 0 fully saturated rings. The largest absolute Gasteiger partial charge is 0.430 e. The van der Waals surface area contributed by atoms with Crippen LogP contribution in [0, 0.1) is 19.3 Å². The number of ether oxygens (including phenoxy) is 1. The summed E-state index contributed by atoms with van der Waals surface area (Å²) in [5.74, 6) is 2.08. The number of hydrogen-bond donors (Lipinski definition) is 1. The van der Waals surface area contributed by atoms with Crippen molar-refractivity contribution < 1.29 is 4.74 Å². The molecule has 0 spiro atoms. The van der Waals surface area contributed by atoms with Crippen LogP contribution >= 0.6 is 11.5 Å². The Morgan fingerprint density at radius 3 is 2.39 bits per heavy atom. The summed E-state index contributed by atoms with van der Waals surface area (Å²) in [5.41, 5.74) is 5.93. The summed E-state index contributed by atoms with van der Waals surface area (Å²) in [6, 6.07) is 12.7. The normalized spacial score (nSPS) is 11.5. The smallest absolute Gasteiger partial charge is 0.299 e. The highest BCUT2D eigenvalue weighted by Crippen LogP contribution is 2.32. The Labute approximate surface area is 189 Å². The summed E-state index contributed by atoms with van der Waals surface area (Å²) < 4.78 is 10.6. The minimum Gasteiger partial charge on any atom is -0.430 e. The molecular weight excluding hydrogens is 404 g/mol. The molecule has 3 aromatic rings. The van der Waals surface area contributed by atoms with Crippen LogP contribution in [0.25, 0.3) is 11.4 Å². The number of benzene rings is 2. The molecule has 6 heteroatoms. The van der Waals surface area contributed by atoms with Gasteiger partial charge in [-0.15, -0.1) is 0 Å². The van der Waals surface area contributed by atoms with Gasteiger partial charge in [-0.25, -0.2) is 0 Å². The van der Waals surface area contributed by atoms with Crippen LogP contribution in [0.5, 0.6) is 10.9 Å². The van der Waals surface area contributed by atoms with Crippen LogP contribution in [-0.4, -0.2) is 33.7 Å². The predicted molar refractivity (Wildman–Crippen MR) is 130 cm³/mol. The highest BCUT2D eigenvalue weighted by atomic mass is 32.1. The SMILES string of the molecule is CC(=N)N(C)CCc1cc(C)c(Oc2nc(-c3ccc(C(C)(C)C)cc3)ns2)cc1C. The van der Waals surface area contributed by atoms with Gasteiger partial charge in [-0.05, 0) is 60.9 Å². The molecule has 0 aliphatic rings. The molecule has 5 nitrogen and oxygen atoms in total. The van der Waals surface area contributed by atoms with Gasteiger partial charge in [0.25, 0.3) is 5.19 Å². The van der Waals surface area contributed by atoms with Gasteiger partial charge >= 0.3 is 0 Å². The average Bonchev–Trinajstić information content (AvgIpc) is 3.17. The Hall–Kier alpha value is -2.73. The molecule has 1 heterocycles. The molecule has 31 heavy (non-hydrogen) atoms. The van der Waals surface area contributed by atoms with E-state index >= 15 is 0 Å². The number of likely N-dealkylation sites (N-methyl/N-ethyl adjacent to an activating group) is 1. The molecular formula is C25H32N4OS. The van der Waals surface area contributed by atoms with Crippen LogP contribution in [-0.2, 0) is 11.8 Å². The molecule has 0 amide bonds. The fraction of sp³-hybridized carbons (Fsp3) is 0.400. The first kappa shape index (κ1) is 22.9. The first-order valence-corrected chi connectivity index (χ1v) is 11.3. The van der Waals surface area contributed by atoms with Crippen molar-refractivity contribution in [3.63, 3.8) is 0 Å². The van der Waals surface area contributed by atoms with Crippen LogP contribution in [0.2, 0.25) is 0 Å². The molecule has 164 valence electrons. The third-order valence-electron chi connectivity index (χ3n) is 5.54. The quantitative estimate of drug-likeness (QED) is 0.359. The maximum Gasteiger partial charge on any atom is 0.299 e. The average molecular weight is 437 g/mol. The minimum atomic E-state index is 0.123. The second-order valence-corrected chi connectivity index (χ2v) is 9.83. The van der Waals surface area contributed by atoms with E-state index in [2.05, 4.69) is 80.4 Å². The van der Waals surface area contributed by atoms with Crippen molar-refractivity contribution in [2.75, 3.05) is 13.6 Å². The topological polar surface area (TPSA) is 62.1 Å². The monoisotopic (exact) mass is 436 g/mol. The Balaban J connectivity index is 1.73. The van der Waals surface area contributed by atoms with Gasteiger partial charge < -0.3 is 9.64 Å². The molecule has 0 radical (unpaired) electrons. The van der Waals surface area contributed by atoms with Gasteiger partial charge in [0.15, 0.2) is 5.82 Å². The molecule has 0 unspecified atom stereocenters. The predicted octanol–water partition coefficient (Wildman–Crippen LogP) is 6.38. The van der Waals surface area contributed by atoms with Crippen molar-refractivity contribution >= 4 is 17.4 Å². The van der Waals surface area contributed by atoms with Crippen LogP contribution in [0.3, 0.4) is 0 Å². The number of aryl methyl sites for hydroxylation is 2. The summed E-state index contributed by atoms with van der Waals surface area (Å²) in [6.07, 6.45) is 0.896. The van der Waals surface area contributed by atoms with E-state index in [0.29, 0.717) is 16.9 Å². The Kier molecular flexibility index (Phi) is 6.80. The van der Waals surface area contributed by atoms with Gasteiger partial charge in [0.05, 0.1) is 5.84 Å². The number of nitrogens with one attached hydrogen (secondary N) is 1. The lowest BCUT2D eigenvalue weighted by Crippen LogP contribution is -2.25. The summed E-state index contributed by atoms with van der Waals surface area (Å²) in [6.45, 7) is 13.4. The molecule has 0 bridgehead atoms. The summed E-state index contributed by atoms with van der Waals surface area (Å²) in [7, 11) is 1.95. The molecule has 1 N–H and O–H groups in total. The second-order valence-electron chi connectivity index (χ2n) is 9.11. The molecule has 0 aliphatic heterocycles. The number of hydrogen-bond acceptors (Lipinski definition) is 5. The Morgan fingerprint density at radius 1 is 1.10 bits per heavy atom. The molecule has 2 aromatic carbocycles. The molecule has 0 saturated carbocycles. The zero-order chi connectivity index (χ0) is 22.8. The Bertz CT molecular complexity index is 1060. The number of rotatable bonds is 6. The zero-order valence-corrected chi connectivity index (χ0v) is 20.4. The first-order chi connectivity index (χ1) is 14.5. The van der Waals surface area contributed by atoms with E-state index in [0.717, 1.165) is 29.8 Å². The van der Waals surface area contributed by atoms with E-state index in [9.17, 15) is 0 Å². The van der Waals surface area contributed by atoms with Crippen molar-refractivity contribution in [3.05, 3.63) is 58.7 Å². The van der Waals surface area contributed by atoms with E-state index < -0.39 is 0 Å². The van der Waals surface area contributed by atoms with Gasteiger partial charge in [0, 0.05) is 30.7 Å². The molecule has 0 saturated heterocycles. The van der Waals surface area contributed by atoms with Gasteiger partial charge in [-0.2, -0.15) is 9.36 Å². The summed E-state index contributed by atoms with van der Waals surface area (Å²) in [4.78, 5) is 6.55. The zero-order valence-electron chi connectivity index (χ0n) is 19.5. The molecule has 1 aromatic heterocycles. The lowest BCUT2D eigenvalue weighted by molar-refractivity contribution is 0.474. The van der Waals surface area contributed by atoms with Crippen LogP contribution in [0.1, 0.15) is 49.9 Å². The van der Waals surface area contributed by atoms with Crippen molar-refractivity contribution in [1.82, 2.24) is 14.3 Å². The highest BCUT2D eigenvalue weighted by Gasteiger charge is 2.15. The highest BCUT2D eigenvalue weighted by molar-refractivity contribution is 7.07. The third kappa shape index (κ3) is 5.70. The standard InChI is InChI=1S/C25H32N4OS/c1-16-15-22(17(2)14-20(16)12-13-29(7)18(3)26)30-24-27-23(28-31-24)19-8-10-21(11-9-19)25(4,5)6/h8-11,14-15,26H,12-13H2,1-7H3. The van der Waals surface area contributed by atoms with Crippen LogP contribution < -0.4 is 4.74 Å². The van der Waals surface area contributed by atoms with Crippen molar-refractivity contribution in [2.24, 2.45) is 0 Å². The maximum atomic E-state index is 7.72. The van der Waals surface area contributed by atoms with E-state index in [4.69, 9.17) is 10.1 Å². The van der Waals surface area contributed by atoms with E-state index in [1.165, 1.54) is 28.2 Å². The van der Waals surface area contributed by atoms with Crippen LogP contribution in [0.4, 0.5) is 0 Å². The molecule has 0 aliphatic carbocycles. The Morgan fingerprint density at radius 2 is 1.77 bits per heavy atom.